The van der Waals surface area contributed by atoms with Gasteiger partial charge in [0.2, 0.25) is 0 Å². The Kier molecular flexibility index (Phi) is 5.25. The first-order chi connectivity index (χ1) is 9.10. The number of rotatable bonds is 5. The Hall–Kier alpha value is -1.03. The lowest BCUT2D eigenvalue weighted by Crippen LogP contribution is -2.26. The molecular weight excluding hydrogens is 277 g/mol. The molecule has 0 spiro atoms. The van der Waals surface area contributed by atoms with E-state index in [0.29, 0.717) is 0 Å². The van der Waals surface area contributed by atoms with E-state index in [0.717, 1.165) is 24.3 Å². The third kappa shape index (κ3) is 4.23. The van der Waals surface area contributed by atoms with Crippen molar-refractivity contribution in [2.75, 3.05) is 18.0 Å². The van der Waals surface area contributed by atoms with E-state index in [9.17, 15) is 4.57 Å². The molecule has 0 radical (unpaired) electrons. The van der Waals surface area contributed by atoms with Gasteiger partial charge in [0.1, 0.15) is 0 Å². The SMILES string of the molecule is CCN(CC)c1c(OP(=O)(O)O)cccc1C(C)(C)C. The molecule has 0 amide bonds. The first kappa shape index (κ1) is 17.0. The van der Waals surface area contributed by atoms with Crippen LogP contribution in [-0.4, -0.2) is 22.9 Å². The lowest BCUT2D eigenvalue weighted by Gasteiger charge is -2.31. The van der Waals surface area contributed by atoms with Crippen LogP contribution >= 0.6 is 7.82 Å². The molecule has 6 heteroatoms. The summed E-state index contributed by atoms with van der Waals surface area (Å²) in [7, 11) is -4.57. The number of anilines is 1. The molecule has 0 aliphatic carbocycles. The molecule has 2 N–H and O–H groups in total. The second-order valence-corrected chi connectivity index (χ2v) is 6.82. The van der Waals surface area contributed by atoms with Gasteiger partial charge in [-0.2, -0.15) is 0 Å². The molecule has 0 saturated heterocycles. The van der Waals surface area contributed by atoms with Crippen molar-refractivity contribution in [2.45, 2.75) is 40.0 Å². The van der Waals surface area contributed by atoms with E-state index >= 15 is 0 Å². The number of hydrogen-bond donors (Lipinski definition) is 2. The molecule has 0 unspecified atom stereocenters. The Morgan fingerprint density at radius 3 is 2.15 bits per heavy atom. The Bertz CT molecular complexity index is 500. The summed E-state index contributed by atoms with van der Waals surface area (Å²) in [6.07, 6.45) is 0. The summed E-state index contributed by atoms with van der Waals surface area (Å²) in [5.41, 5.74) is 1.62. The number of para-hydroxylation sites is 1. The van der Waals surface area contributed by atoms with Gasteiger partial charge in [0, 0.05) is 13.1 Å². The summed E-state index contributed by atoms with van der Waals surface area (Å²) in [6.45, 7) is 11.7. The van der Waals surface area contributed by atoms with Crippen LogP contribution in [0.25, 0.3) is 0 Å². The van der Waals surface area contributed by atoms with Gasteiger partial charge in [-0.15, -0.1) is 0 Å². The van der Waals surface area contributed by atoms with Crippen LogP contribution < -0.4 is 9.42 Å². The maximum Gasteiger partial charge on any atom is 0.524 e. The van der Waals surface area contributed by atoms with Crippen LogP contribution in [0.2, 0.25) is 0 Å². The maximum atomic E-state index is 11.2. The molecule has 1 aromatic rings. The minimum absolute atomic E-state index is 0.147. The molecule has 0 fully saturated rings. The third-order valence-corrected chi connectivity index (χ3v) is 3.54. The zero-order valence-corrected chi connectivity index (χ0v) is 13.6. The summed E-state index contributed by atoms with van der Waals surface area (Å²) in [5, 5.41) is 0. The monoisotopic (exact) mass is 301 g/mol. The average molecular weight is 301 g/mol. The van der Waals surface area contributed by atoms with Gasteiger partial charge in [0.05, 0.1) is 5.69 Å². The van der Waals surface area contributed by atoms with Crippen LogP contribution in [0.4, 0.5) is 5.69 Å². The fourth-order valence-corrected chi connectivity index (χ4v) is 2.60. The van der Waals surface area contributed by atoms with E-state index in [1.54, 1.807) is 12.1 Å². The smallest absolute Gasteiger partial charge is 0.402 e. The minimum Gasteiger partial charge on any atom is -0.402 e. The largest absolute Gasteiger partial charge is 0.524 e. The predicted molar refractivity (Wildman–Crippen MR) is 81.4 cm³/mol. The molecule has 5 nitrogen and oxygen atoms in total. The zero-order chi connectivity index (χ0) is 15.6. The van der Waals surface area contributed by atoms with Crippen molar-refractivity contribution in [3.05, 3.63) is 23.8 Å². The quantitative estimate of drug-likeness (QED) is 0.817. The van der Waals surface area contributed by atoms with Crippen molar-refractivity contribution in [1.82, 2.24) is 0 Å². The van der Waals surface area contributed by atoms with Crippen LogP contribution in [0, 0.1) is 0 Å². The molecule has 1 rings (SSSR count). The summed E-state index contributed by atoms with van der Waals surface area (Å²) in [5.74, 6) is 0.231. The molecule has 0 atom stereocenters. The number of hydrogen-bond acceptors (Lipinski definition) is 3. The second-order valence-electron chi connectivity index (χ2n) is 5.66. The van der Waals surface area contributed by atoms with Crippen molar-refractivity contribution in [3.8, 4) is 5.75 Å². The van der Waals surface area contributed by atoms with E-state index in [1.807, 2.05) is 24.8 Å². The molecule has 0 aliphatic heterocycles. The summed E-state index contributed by atoms with van der Waals surface area (Å²) in [6, 6.07) is 5.33. The Balaban J connectivity index is 3.48. The standard InChI is InChI=1S/C14H24NO4P/c1-6-15(7-2)13-11(14(3,4)5)9-8-10-12(13)19-20(16,17)18/h8-10H,6-7H2,1-5H3,(H2,16,17,18). The van der Waals surface area contributed by atoms with Gasteiger partial charge in [-0.3, -0.25) is 9.79 Å². The summed E-state index contributed by atoms with van der Waals surface area (Å²) >= 11 is 0. The van der Waals surface area contributed by atoms with Crippen LogP contribution in [-0.2, 0) is 9.98 Å². The van der Waals surface area contributed by atoms with Gasteiger partial charge in [0.15, 0.2) is 5.75 Å². The van der Waals surface area contributed by atoms with Gasteiger partial charge < -0.3 is 9.42 Å². The van der Waals surface area contributed by atoms with Crippen LogP contribution in [0.15, 0.2) is 18.2 Å². The molecule has 0 bridgehead atoms. The van der Waals surface area contributed by atoms with E-state index in [1.165, 1.54) is 0 Å². The minimum atomic E-state index is -4.57. The van der Waals surface area contributed by atoms with Crippen LogP contribution in [0.5, 0.6) is 5.75 Å². The van der Waals surface area contributed by atoms with E-state index in [-0.39, 0.29) is 11.2 Å². The van der Waals surface area contributed by atoms with Crippen molar-refractivity contribution in [1.29, 1.82) is 0 Å². The lowest BCUT2D eigenvalue weighted by molar-refractivity contribution is 0.283. The Morgan fingerprint density at radius 2 is 1.75 bits per heavy atom. The highest BCUT2D eigenvalue weighted by Gasteiger charge is 2.26. The molecule has 0 heterocycles. The number of benzene rings is 1. The number of nitrogens with zero attached hydrogens (tertiary/aromatic N) is 1. The molecule has 0 aromatic heterocycles. The number of phosphoric ester groups is 1. The van der Waals surface area contributed by atoms with Gasteiger partial charge in [-0.25, -0.2) is 4.57 Å². The molecule has 1 aromatic carbocycles. The second kappa shape index (κ2) is 6.17. The van der Waals surface area contributed by atoms with Crippen LogP contribution in [0.3, 0.4) is 0 Å². The van der Waals surface area contributed by atoms with Gasteiger partial charge in [-0.1, -0.05) is 32.9 Å². The van der Waals surface area contributed by atoms with Crippen molar-refractivity contribution < 1.29 is 18.9 Å². The molecule has 0 saturated carbocycles. The van der Waals surface area contributed by atoms with Crippen molar-refractivity contribution >= 4 is 13.5 Å². The third-order valence-electron chi connectivity index (χ3n) is 3.10. The normalized spacial score (nSPS) is 12.3. The highest BCUT2D eigenvalue weighted by Crippen LogP contribution is 2.45. The van der Waals surface area contributed by atoms with Crippen molar-refractivity contribution in [2.24, 2.45) is 0 Å². The lowest BCUT2D eigenvalue weighted by atomic mass is 9.85. The van der Waals surface area contributed by atoms with E-state index < -0.39 is 7.82 Å². The van der Waals surface area contributed by atoms with Gasteiger partial charge in [-0.05, 0) is 30.9 Å². The van der Waals surface area contributed by atoms with E-state index in [4.69, 9.17) is 14.3 Å². The summed E-state index contributed by atoms with van der Waals surface area (Å²) in [4.78, 5) is 20.2. The van der Waals surface area contributed by atoms with Gasteiger partial charge >= 0.3 is 7.82 Å². The van der Waals surface area contributed by atoms with E-state index in [2.05, 4.69) is 20.8 Å². The Labute approximate surface area is 120 Å². The zero-order valence-electron chi connectivity index (χ0n) is 12.8. The molecular formula is C14H24NO4P. The molecule has 0 aliphatic rings. The predicted octanol–water partition coefficient (Wildman–Crippen LogP) is 3.30. The average Bonchev–Trinajstić information content (AvgIpc) is 2.29. The highest BCUT2D eigenvalue weighted by molar-refractivity contribution is 7.46. The maximum absolute atomic E-state index is 11.2. The highest BCUT2D eigenvalue weighted by atomic mass is 31.2. The Morgan fingerprint density at radius 1 is 1.20 bits per heavy atom. The van der Waals surface area contributed by atoms with Gasteiger partial charge in [0.25, 0.3) is 0 Å². The summed E-state index contributed by atoms with van der Waals surface area (Å²) < 4.78 is 16.0. The fourth-order valence-electron chi connectivity index (χ4n) is 2.20. The van der Waals surface area contributed by atoms with Crippen LogP contribution in [0.1, 0.15) is 40.2 Å². The first-order valence-corrected chi connectivity index (χ1v) is 8.26. The molecule has 114 valence electrons. The first-order valence-electron chi connectivity index (χ1n) is 6.73. The number of phosphoric acid groups is 1. The topological polar surface area (TPSA) is 70.0 Å². The fraction of sp³-hybridized carbons (Fsp3) is 0.571. The molecule has 20 heavy (non-hydrogen) atoms. The van der Waals surface area contributed by atoms with Crippen molar-refractivity contribution in [3.63, 3.8) is 0 Å².